The Bertz CT molecular complexity index is 740. The van der Waals surface area contributed by atoms with Crippen LogP contribution in [-0.2, 0) is 16.1 Å². The minimum absolute atomic E-state index is 0.191. The van der Waals surface area contributed by atoms with Crippen LogP contribution in [0.2, 0.25) is 0 Å². The summed E-state index contributed by atoms with van der Waals surface area (Å²) in [6, 6.07) is 2.21. The van der Waals surface area contributed by atoms with Gasteiger partial charge in [-0.25, -0.2) is 9.97 Å². The Hall–Kier alpha value is -2.48. The van der Waals surface area contributed by atoms with Crippen LogP contribution >= 0.6 is 0 Å². The first-order chi connectivity index (χ1) is 11.7. The first-order valence-electron chi connectivity index (χ1n) is 8.15. The molecule has 0 spiro atoms. The van der Waals surface area contributed by atoms with Crippen molar-refractivity contribution in [2.75, 3.05) is 36.5 Å². The van der Waals surface area contributed by atoms with Crippen LogP contribution in [-0.4, -0.2) is 52.4 Å². The highest BCUT2D eigenvalue weighted by Crippen LogP contribution is 2.28. The molecule has 2 aliphatic rings. The molecule has 1 amide bonds. The Balaban J connectivity index is 1.40. The van der Waals surface area contributed by atoms with Gasteiger partial charge >= 0.3 is 0 Å². The number of carbonyl (C=O) groups is 1. The molecule has 126 valence electrons. The van der Waals surface area contributed by atoms with Crippen LogP contribution in [0.4, 0.5) is 11.5 Å². The van der Waals surface area contributed by atoms with Crippen molar-refractivity contribution in [3.8, 4) is 0 Å². The molecule has 0 atom stereocenters. The maximum absolute atomic E-state index is 11.8. The SMILES string of the molecule is COCc1nccc(N2CC(n3cc(N4CCCC4=O)cn3)C2)n1. The normalized spacial score (nSPS) is 18.3. The summed E-state index contributed by atoms with van der Waals surface area (Å²) in [5, 5.41) is 4.44. The summed E-state index contributed by atoms with van der Waals surface area (Å²) >= 11 is 0. The van der Waals surface area contributed by atoms with E-state index in [9.17, 15) is 4.79 Å². The Morgan fingerprint density at radius 3 is 3.00 bits per heavy atom. The lowest BCUT2D eigenvalue weighted by atomic mass is 10.1. The van der Waals surface area contributed by atoms with Gasteiger partial charge in [0.25, 0.3) is 0 Å². The van der Waals surface area contributed by atoms with Gasteiger partial charge in [-0.2, -0.15) is 5.10 Å². The number of amides is 1. The molecular formula is C16H20N6O2. The summed E-state index contributed by atoms with van der Waals surface area (Å²) in [5.74, 6) is 1.79. The molecule has 24 heavy (non-hydrogen) atoms. The summed E-state index contributed by atoms with van der Waals surface area (Å²) in [5.41, 5.74) is 0.903. The zero-order valence-corrected chi connectivity index (χ0v) is 13.6. The highest BCUT2D eigenvalue weighted by atomic mass is 16.5. The summed E-state index contributed by atoms with van der Waals surface area (Å²) in [7, 11) is 1.64. The van der Waals surface area contributed by atoms with Gasteiger partial charge in [0.2, 0.25) is 5.91 Å². The van der Waals surface area contributed by atoms with Crippen molar-refractivity contribution < 1.29 is 9.53 Å². The molecular weight excluding hydrogens is 308 g/mol. The lowest BCUT2D eigenvalue weighted by Crippen LogP contribution is -2.48. The van der Waals surface area contributed by atoms with Crippen molar-refractivity contribution >= 4 is 17.4 Å². The molecule has 4 rings (SSSR count). The third-order valence-electron chi connectivity index (χ3n) is 4.50. The van der Waals surface area contributed by atoms with Crippen LogP contribution < -0.4 is 9.80 Å². The first-order valence-corrected chi connectivity index (χ1v) is 8.15. The van der Waals surface area contributed by atoms with Crippen LogP contribution in [0.15, 0.2) is 24.7 Å². The van der Waals surface area contributed by atoms with Gasteiger partial charge in [0.1, 0.15) is 12.4 Å². The topological polar surface area (TPSA) is 76.4 Å². The fourth-order valence-electron chi connectivity index (χ4n) is 3.16. The second-order valence-electron chi connectivity index (χ2n) is 6.15. The summed E-state index contributed by atoms with van der Waals surface area (Å²) in [4.78, 5) is 24.5. The van der Waals surface area contributed by atoms with E-state index in [0.29, 0.717) is 24.9 Å². The Labute approximate surface area is 140 Å². The van der Waals surface area contributed by atoms with E-state index in [4.69, 9.17) is 4.74 Å². The molecule has 0 unspecified atom stereocenters. The van der Waals surface area contributed by atoms with Crippen LogP contribution in [0.25, 0.3) is 0 Å². The number of rotatable bonds is 5. The maximum Gasteiger partial charge on any atom is 0.227 e. The van der Waals surface area contributed by atoms with Gasteiger partial charge in [0.05, 0.1) is 17.9 Å². The summed E-state index contributed by atoms with van der Waals surface area (Å²) in [6.07, 6.45) is 7.09. The average Bonchev–Trinajstić information content (AvgIpc) is 3.15. The predicted molar refractivity (Wildman–Crippen MR) is 87.8 cm³/mol. The van der Waals surface area contributed by atoms with Gasteiger partial charge in [-0.1, -0.05) is 0 Å². The molecule has 2 fully saturated rings. The fraction of sp³-hybridized carbons (Fsp3) is 0.500. The Morgan fingerprint density at radius 2 is 2.25 bits per heavy atom. The van der Waals surface area contributed by atoms with Crippen molar-refractivity contribution in [3.05, 3.63) is 30.5 Å². The van der Waals surface area contributed by atoms with E-state index in [0.717, 1.165) is 37.6 Å². The third-order valence-corrected chi connectivity index (χ3v) is 4.50. The molecule has 2 aromatic heterocycles. The van der Waals surface area contributed by atoms with Crippen LogP contribution in [0.1, 0.15) is 24.7 Å². The molecule has 8 nitrogen and oxygen atoms in total. The van der Waals surface area contributed by atoms with Gasteiger partial charge in [-0.3, -0.25) is 9.48 Å². The van der Waals surface area contributed by atoms with Crippen molar-refractivity contribution in [2.45, 2.75) is 25.5 Å². The minimum atomic E-state index is 0.191. The van der Waals surface area contributed by atoms with Gasteiger partial charge < -0.3 is 14.5 Å². The lowest BCUT2D eigenvalue weighted by molar-refractivity contribution is -0.117. The maximum atomic E-state index is 11.8. The number of nitrogens with zero attached hydrogens (tertiary/aromatic N) is 6. The average molecular weight is 328 g/mol. The van der Waals surface area contributed by atoms with Crippen molar-refractivity contribution in [3.63, 3.8) is 0 Å². The molecule has 2 saturated heterocycles. The quantitative estimate of drug-likeness (QED) is 0.815. The van der Waals surface area contributed by atoms with Crippen LogP contribution in [0, 0.1) is 0 Å². The van der Waals surface area contributed by atoms with Gasteiger partial charge in [0.15, 0.2) is 5.82 Å². The van der Waals surface area contributed by atoms with Crippen LogP contribution in [0.3, 0.4) is 0 Å². The zero-order valence-electron chi connectivity index (χ0n) is 13.6. The summed E-state index contributed by atoms with van der Waals surface area (Å²) in [6.45, 7) is 2.90. The number of aromatic nitrogens is 4. The molecule has 0 aliphatic carbocycles. The largest absolute Gasteiger partial charge is 0.377 e. The zero-order chi connectivity index (χ0) is 16.5. The molecule has 2 aliphatic heterocycles. The number of hydrogen-bond acceptors (Lipinski definition) is 6. The Morgan fingerprint density at radius 1 is 1.38 bits per heavy atom. The Kier molecular flexibility index (Phi) is 3.89. The number of hydrogen-bond donors (Lipinski definition) is 0. The highest BCUT2D eigenvalue weighted by Gasteiger charge is 2.31. The first kappa shape index (κ1) is 15.1. The number of carbonyl (C=O) groups excluding carboxylic acids is 1. The monoisotopic (exact) mass is 328 g/mol. The van der Waals surface area contributed by atoms with E-state index in [1.807, 2.05) is 21.8 Å². The van der Waals surface area contributed by atoms with Gasteiger partial charge in [-0.05, 0) is 12.5 Å². The highest BCUT2D eigenvalue weighted by molar-refractivity contribution is 5.95. The van der Waals surface area contributed by atoms with Crippen molar-refractivity contribution in [2.24, 2.45) is 0 Å². The van der Waals surface area contributed by atoms with E-state index < -0.39 is 0 Å². The fourth-order valence-corrected chi connectivity index (χ4v) is 3.16. The van der Waals surface area contributed by atoms with E-state index in [2.05, 4.69) is 20.0 Å². The molecule has 8 heteroatoms. The number of anilines is 2. The second-order valence-corrected chi connectivity index (χ2v) is 6.15. The second kappa shape index (κ2) is 6.20. The van der Waals surface area contributed by atoms with E-state index in [1.54, 1.807) is 19.5 Å². The van der Waals surface area contributed by atoms with Gasteiger partial charge in [0, 0.05) is 45.6 Å². The number of ether oxygens (including phenoxy) is 1. The molecule has 0 radical (unpaired) electrons. The number of methoxy groups -OCH3 is 1. The predicted octanol–water partition coefficient (Wildman–Crippen LogP) is 1.01. The van der Waals surface area contributed by atoms with Crippen LogP contribution in [0.5, 0.6) is 0 Å². The molecule has 0 N–H and O–H groups in total. The standard InChI is InChI=1S/C16H20N6O2/c1-24-11-14-17-5-4-15(19-14)20-8-13(9-20)22-10-12(7-18-22)21-6-2-3-16(21)23/h4-5,7,10,13H,2-3,6,8-9,11H2,1H3. The van der Waals surface area contributed by atoms with E-state index in [-0.39, 0.29) is 5.91 Å². The van der Waals surface area contributed by atoms with Crippen molar-refractivity contribution in [1.29, 1.82) is 0 Å². The van der Waals surface area contributed by atoms with Gasteiger partial charge in [-0.15, -0.1) is 0 Å². The molecule has 0 saturated carbocycles. The molecule has 0 bridgehead atoms. The molecule has 4 heterocycles. The molecule has 2 aromatic rings. The third kappa shape index (κ3) is 2.73. The minimum Gasteiger partial charge on any atom is -0.377 e. The van der Waals surface area contributed by atoms with E-state index in [1.165, 1.54) is 0 Å². The van der Waals surface area contributed by atoms with Crippen molar-refractivity contribution in [1.82, 2.24) is 19.7 Å². The molecule has 0 aromatic carbocycles. The van der Waals surface area contributed by atoms with E-state index >= 15 is 0 Å². The smallest absolute Gasteiger partial charge is 0.227 e. The lowest BCUT2D eigenvalue weighted by Gasteiger charge is -2.40. The summed E-state index contributed by atoms with van der Waals surface area (Å²) < 4.78 is 7.03.